The molecular weight excluding hydrogens is 368 g/mol. The third kappa shape index (κ3) is 5.81. The average Bonchev–Trinajstić information content (AvgIpc) is 3.04. The molecule has 158 valence electrons. The third-order valence-corrected chi connectivity index (χ3v) is 5.63. The van der Waals surface area contributed by atoms with Crippen LogP contribution in [0.5, 0.6) is 0 Å². The second-order valence-corrected chi connectivity index (χ2v) is 8.45. The van der Waals surface area contributed by atoms with Crippen molar-refractivity contribution < 1.29 is 19.1 Å². The smallest absolute Gasteiger partial charge is 0.409 e. The van der Waals surface area contributed by atoms with E-state index < -0.39 is 0 Å². The molecule has 0 spiro atoms. The quantitative estimate of drug-likeness (QED) is 0.686. The molecule has 0 N–H and O–H groups in total. The number of rotatable bonds is 6. The second-order valence-electron chi connectivity index (χ2n) is 8.45. The van der Waals surface area contributed by atoms with Gasteiger partial charge in [-0.1, -0.05) is 26.0 Å². The summed E-state index contributed by atoms with van der Waals surface area (Å²) in [6, 6.07) is 5.95. The van der Waals surface area contributed by atoms with Crippen LogP contribution < -0.4 is 0 Å². The molecule has 2 aliphatic rings. The highest BCUT2D eigenvalue weighted by molar-refractivity contribution is 5.98. The fourth-order valence-corrected chi connectivity index (χ4v) is 3.95. The maximum Gasteiger partial charge on any atom is 0.409 e. The fraction of sp³-hybridized carbons (Fsp3) is 0.609. The number of carbonyl (C=O) groups is 3. The maximum atomic E-state index is 12.6. The van der Waals surface area contributed by atoms with Crippen molar-refractivity contribution in [3.63, 3.8) is 0 Å². The van der Waals surface area contributed by atoms with Gasteiger partial charge in [-0.05, 0) is 48.8 Å². The highest BCUT2D eigenvalue weighted by Crippen LogP contribution is 2.23. The van der Waals surface area contributed by atoms with Crippen LogP contribution in [-0.4, -0.2) is 60.4 Å². The molecule has 1 heterocycles. The van der Waals surface area contributed by atoms with E-state index in [4.69, 9.17) is 4.74 Å². The van der Waals surface area contributed by atoms with E-state index in [0.29, 0.717) is 44.3 Å². The van der Waals surface area contributed by atoms with E-state index in [1.165, 1.54) is 11.1 Å². The average molecular weight is 401 g/mol. The monoisotopic (exact) mass is 400 g/mol. The number of Topliss-reactive ketones (excluding diaryl/α,β-unsaturated/α-hetero) is 1. The number of ether oxygens (including phenoxy) is 1. The number of carbonyl (C=O) groups excluding carboxylic acids is 3. The summed E-state index contributed by atoms with van der Waals surface area (Å²) in [5, 5.41) is 0. The van der Waals surface area contributed by atoms with E-state index >= 15 is 0 Å². The van der Waals surface area contributed by atoms with Gasteiger partial charge in [0.1, 0.15) is 0 Å². The predicted octanol–water partition coefficient (Wildman–Crippen LogP) is 3.47. The fourth-order valence-electron chi connectivity index (χ4n) is 3.95. The van der Waals surface area contributed by atoms with Crippen LogP contribution in [0.2, 0.25) is 0 Å². The minimum atomic E-state index is -0.306. The van der Waals surface area contributed by atoms with E-state index in [1.54, 1.807) is 9.80 Å². The Labute approximate surface area is 173 Å². The van der Waals surface area contributed by atoms with Gasteiger partial charge in [0.05, 0.1) is 6.61 Å². The first kappa shape index (κ1) is 21.3. The Hall–Kier alpha value is -2.37. The lowest BCUT2D eigenvalue weighted by molar-refractivity contribution is -0.131. The highest BCUT2D eigenvalue weighted by atomic mass is 16.6. The topological polar surface area (TPSA) is 66.9 Å². The third-order valence-electron chi connectivity index (χ3n) is 5.63. The lowest BCUT2D eigenvalue weighted by Crippen LogP contribution is -2.38. The van der Waals surface area contributed by atoms with Crippen molar-refractivity contribution in [3.8, 4) is 0 Å². The van der Waals surface area contributed by atoms with E-state index in [9.17, 15) is 14.4 Å². The van der Waals surface area contributed by atoms with Gasteiger partial charge in [0, 0.05) is 44.6 Å². The van der Waals surface area contributed by atoms with Crippen LogP contribution in [0.3, 0.4) is 0 Å². The summed E-state index contributed by atoms with van der Waals surface area (Å²) < 4.78 is 5.29. The summed E-state index contributed by atoms with van der Waals surface area (Å²) in [5.74, 6) is 0.311. The molecule has 2 amide bonds. The van der Waals surface area contributed by atoms with Crippen LogP contribution in [0.15, 0.2) is 18.2 Å². The molecule has 0 bridgehead atoms. The van der Waals surface area contributed by atoms with Crippen LogP contribution in [0.4, 0.5) is 4.79 Å². The van der Waals surface area contributed by atoms with Gasteiger partial charge >= 0.3 is 6.09 Å². The Kier molecular flexibility index (Phi) is 7.29. The Bertz CT molecular complexity index is 759. The van der Waals surface area contributed by atoms with Crippen molar-refractivity contribution in [2.24, 2.45) is 5.92 Å². The molecule has 6 heteroatoms. The van der Waals surface area contributed by atoms with Crippen LogP contribution >= 0.6 is 0 Å². The number of fused-ring (bicyclic) bond motifs is 1. The number of ketones is 1. The normalized spacial score (nSPS) is 16.5. The highest BCUT2D eigenvalue weighted by Gasteiger charge is 2.23. The molecule has 0 aromatic heterocycles. The second kappa shape index (κ2) is 9.90. The Balaban J connectivity index is 1.46. The van der Waals surface area contributed by atoms with Gasteiger partial charge in [-0.25, -0.2) is 4.79 Å². The van der Waals surface area contributed by atoms with Crippen molar-refractivity contribution in [2.45, 2.75) is 52.4 Å². The minimum absolute atomic E-state index is 0.0168. The predicted molar refractivity (Wildman–Crippen MR) is 111 cm³/mol. The molecule has 0 unspecified atom stereocenters. The summed E-state index contributed by atoms with van der Waals surface area (Å²) >= 11 is 0. The van der Waals surface area contributed by atoms with Gasteiger partial charge in [-0.15, -0.1) is 0 Å². The SMILES string of the molecule is CC(C)COC(=O)N1CCCN(C(=O)CCC(=O)c2ccc3c(c2)CCC3)CC1. The van der Waals surface area contributed by atoms with Gasteiger partial charge in [-0.3, -0.25) is 9.59 Å². The summed E-state index contributed by atoms with van der Waals surface area (Å²) in [5.41, 5.74) is 3.34. The summed E-state index contributed by atoms with van der Waals surface area (Å²) in [4.78, 5) is 40.7. The van der Waals surface area contributed by atoms with Gasteiger partial charge < -0.3 is 14.5 Å². The molecule has 6 nitrogen and oxygen atoms in total. The first-order valence-corrected chi connectivity index (χ1v) is 10.8. The largest absolute Gasteiger partial charge is 0.449 e. The van der Waals surface area contributed by atoms with Crippen LogP contribution in [0.25, 0.3) is 0 Å². The molecule has 29 heavy (non-hydrogen) atoms. The lowest BCUT2D eigenvalue weighted by atomic mass is 10.0. The van der Waals surface area contributed by atoms with Crippen LogP contribution in [-0.2, 0) is 22.4 Å². The molecular formula is C23H32N2O4. The number of hydrogen-bond acceptors (Lipinski definition) is 4. The van der Waals surface area contributed by atoms with Crippen molar-refractivity contribution in [2.75, 3.05) is 32.8 Å². The van der Waals surface area contributed by atoms with Crippen LogP contribution in [0.1, 0.15) is 61.0 Å². The summed E-state index contributed by atoms with van der Waals surface area (Å²) in [7, 11) is 0. The number of hydrogen-bond donors (Lipinski definition) is 0. The molecule has 0 saturated carbocycles. The maximum absolute atomic E-state index is 12.6. The molecule has 1 fully saturated rings. The number of amides is 2. The van der Waals surface area contributed by atoms with Gasteiger partial charge in [0.25, 0.3) is 0 Å². The van der Waals surface area contributed by atoms with Crippen LogP contribution in [0, 0.1) is 5.92 Å². The molecule has 0 atom stereocenters. The molecule has 1 aliphatic carbocycles. The van der Waals surface area contributed by atoms with Crippen molar-refractivity contribution in [1.82, 2.24) is 9.80 Å². The zero-order valence-corrected chi connectivity index (χ0v) is 17.6. The van der Waals surface area contributed by atoms with Crippen molar-refractivity contribution in [1.29, 1.82) is 0 Å². The first-order chi connectivity index (χ1) is 13.9. The minimum Gasteiger partial charge on any atom is -0.449 e. The molecule has 1 aliphatic heterocycles. The van der Waals surface area contributed by atoms with E-state index in [2.05, 4.69) is 6.07 Å². The standard InChI is InChI=1S/C23H32N2O4/c1-17(2)16-29-23(28)25-12-4-11-24(13-14-25)22(27)10-9-21(26)20-8-7-18-5-3-6-19(18)15-20/h7-8,15,17H,3-6,9-14,16H2,1-2H3. The lowest BCUT2D eigenvalue weighted by Gasteiger charge is -2.22. The molecule has 1 aromatic carbocycles. The van der Waals surface area contributed by atoms with E-state index in [-0.39, 0.29) is 30.6 Å². The number of nitrogens with zero attached hydrogens (tertiary/aromatic N) is 2. The number of benzene rings is 1. The van der Waals surface area contributed by atoms with E-state index in [0.717, 1.165) is 25.7 Å². The molecule has 3 rings (SSSR count). The van der Waals surface area contributed by atoms with Gasteiger partial charge in [0.15, 0.2) is 5.78 Å². The first-order valence-electron chi connectivity index (χ1n) is 10.8. The zero-order chi connectivity index (χ0) is 20.8. The van der Waals surface area contributed by atoms with E-state index in [1.807, 2.05) is 26.0 Å². The van der Waals surface area contributed by atoms with Gasteiger partial charge in [0.2, 0.25) is 5.91 Å². The van der Waals surface area contributed by atoms with Gasteiger partial charge in [-0.2, -0.15) is 0 Å². The Morgan fingerprint density at radius 2 is 1.66 bits per heavy atom. The molecule has 1 saturated heterocycles. The Morgan fingerprint density at radius 3 is 2.45 bits per heavy atom. The van der Waals surface area contributed by atoms with Crippen molar-refractivity contribution in [3.05, 3.63) is 34.9 Å². The van der Waals surface area contributed by atoms with Crippen molar-refractivity contribution >= 4 is 17.8 Å². The number of aryl methyl sites for hydroxylation is 2. The Morgan fingerprint density at radius 1 is 0.931 bits per heavy atom. The zero-order valence-electron chi connectivity index (χ0n) is 17.6. The summed E-state index contributed by atoms with van der Waals surface area (Å²) in [6.45, 7) is 6.57. The molecule has 1 aromatic rings. The summed E-state index contributed by atoms with van der Waals surface area (Å²) in [6.07, 6.45) is 4.16. The molecule has 0 radical (unpaired) electrons.